The first-order valence-electron chi connectivity index (χ1n) is 10.4. The Bertz CT molecular complexity index is 1110. The van der Waals surface area contributed by atoms with Crippen LogP contribution in [0.15, 0.2) is 97.1 Å². The zero-order chi connectivity index (χ0) is 20.8. The van der Waals surface area contributed by atoms with Gasteiger partial charge in [-0.05, 0) is 58.4 Å². The summed E-state index contributed by atoms with van der Waals surface area (Å²) in [5, 5.41) is 0. The molecule has 0 N–H and O–H groups in total. The van der Waals surface area contributed by atoms with Gasteiger partial charge in [-0.15, -0.1) is 0 Å². The van der Waals surface area contributed by atoms with Crippen molar-refractivity contribution in [3.8, 4) is 11.1 Å². The third-order valence-electron chi connectivity index (χ3n) is 5.47. The fourth-order valence-electron chi connectivity index (χ4n) is 3.68. The lowest BCUT2D eigenvalue weighted by Crippen LogP contribution is -1.87. The van der Waals surface area contributed by atoms with Gasteiger partial charge in [-0.3, -0.25) is 0 Å². The van der Waals surface area contributed by atoms with Crippen molar-refractivity contribution in [2.24, 2.45) is 0 Å². The number of benzene rings is 4. The second kappa shape index (κ2) is 9.24. The number of hydrogen-bond donors (Lipinski definition) is 0. The van der Waals surface area contributed by atoms with Gasteiger partial charge in [-0.25, -0.2) is 0 Å². The lowest BCUT2D eigenvalue weighted by Gasteiger charge is -2.10. The Morgan fingerprint density at radius 3 is 1.07 bits per heavy atom. The maximum atomic E-state index is 2.22. The van der Waals surface area contributed by atoms with Crippen LogP contribution in [0.5, 0.6) is 0 Å². The van der Waals surface area contributed by atoms with Crippen LogP contribution in [0, 0.1) is 13.8 Å². The lowest BCUT2D eigenvalue weighted by atomic mass is 9.94. The monoisotopic (exact) mass is 386 g/mol. The summed E-state index contributed by atoms with van der Waals surface area (Å²) in [6.07, 6.45) is 8.86. The molecule has 0 bridgehead atoms. The normalized spacial score (nSPS) is 11.4. The lowest BCUT2D eigenvalue weighted by molar-refractivity contribution is 1.44. The predicted octanol–water partition coefficient (Wildman–Crippen LogP) is 8.31. The molecule has 0 aliphatic heterocycles. The third-order valence-corrected chi connectivity index (χ3v) is 5.47. The Hall–Kier alpha value is -3.64. The van der Waals surface area contributed by atoms with Crippen molar-refractivity contribution in [1.29, 1.82) is 0 Å². The van der Waals surface area contributed by atoms with Gasteiger partial charge >= 0.3 is 0 Å². The summed E-state index contributed by atoms with van der Waals surface area (Å²) in [7, 11) is 0. The van der Waals surface area contributed by atoms with E-state index in [2.05, 4.69) is 135 Å². The van der Waals surface area contributed by atoms with Crippen LogP contribution in [-0.4, -0.2) is 0 Å². The van der Waals surface area contributed by atoms with Gasteiger partial charge in [0.25, 0.3) is 0 Å². The molecule has 0 heteroatoms. The van der Waals surface area contributed by atoms with Crippen LogP contribution in [0.4, 0.5) is 0 Å². The summed E-state index contributed by atoms with van der Waals surface area (Å²) >= 11 is 0. The highest BCUT2D eigenvalue weighted by atomic mass is 14.1. The molecule has 0 aliphatic carbocycles. The minimum absolute atomic E-state index is 1.22. The Balaban J connectivity index is 1.72. The van der Waals surface area contributed by atoms with Crippen LogP contribution in [0.3, 0.4) is 0 Å². The molecule has 30 heavy (non-hydrogen) atoms. The molecule has 0 radical (unpaired) electrons. The first kappa shape index (κ1) is 19.7. The van der Waals surface area contributed by atoms with Gasteiger partial charge in [0.15, 0.2) is 0 Å². The molecule has 0 aromatic heterocycles. The van der Waals surface area contributed by atoms with Crippen LogP contribution in [-0.2, 0) is 0 Å². The molecule has 4 aromatic rings. The first-order chi connectivity index (χ1) is 14.7. The van der Waals surface area contributed by atoms with Crippen molar-refractivity contribution in [3.63, 3.8) is 0 Å². The fraction of sp³-hybridized carbons (Fsp3) is 0.0667. The summed E-state index contributed by atoms with van der Waals surface area (Å²) in [6.45, 7) is 4.30. The molecule has 0 saturated carbocycles. The molecule has 4 rings (SSSR count). The molecular formula is C30H26. The number of hydrogen-bond acceptors (Lipinski definition) is 0. The molecule has 0 aliphatic rings. The van der Waals surface area contributed by atoms with E-state index in [9.17, 15) is 0 Å². The average Bonchev–Trinajstić information content (AvgIpc) is 2.78. The van der Waals surface area contributed by atoms with Gasteiger partial charge in [0.2, 0.25) is 0 Å². The topological polar surface area (TPSA) is 0 Å². The quantitative estimate of drug-likeness (QED) is 0.302. The summed E-state index contributed by atoms with van der Waals surface area (Å²) in [6, 6.07) is 34.2. The van der Waals surface area contributed by atoms with Crippen LogP contribution in [0.2, 0.25) is 0 Å². The number of rotatable bonds is 5. The standard InChI is InChI=1S/C30H26/c1-23-11-3-5-13-25(23)19-21-27-15-7-9-17-29(27)30-18-10-8-16-28(30)22-20-26-14-6-4-12-24(26)2/h3-22H,1-2H3/b21-19+,22-20+. The van der Waals surface area contributed by atoms with Gasteiger partial charge in [0.1, 0.15) is 0 Å². The van der Waals surface area contributed by atoms with E-state index in [4.69, 9.17) is 0 Å². The molecule has 0 nitrogen and oxygen atoms in total. The Kier molecular flexibility index (Phi) is 6.06. The molecule has 0 amide bonds. The van der Waals surface area contributed by atoms with Crippen LogP contribution in [0.25, 0.3) is 35.4 Å². The van der Waals surface area contributed by atoms with E-state index in [0.29, 0.717) is 0 Å². The van der Waals surface area contributed by atoms with Gasteiger partial charge in [0.05, 0.1) is 0 Å². The third kappa shape index (κ3) is 4.50. The highest BCUT2D eigenvalue weighted by Crippen LogP contribution is 2.30. The molecule has 4 aromatic carbocycles. The summed E-state index contributed by atoms with van der Waals surface area (Å²) in [4.78, 5) is 0. The van der Waals surface area contributed by atoms with E-state index in [1.807, 2.05) is 0 Å². The molecule has 0 fully saturated rings. The molecule has 146 valence electrons. The van der Waals surface area contributed by atoms with Crippen molar-refractivity contribution in [3.05, 3.63) is 130 Å². The molecule has 0 atom stereocenters. The zero-order valence-electron chi connectivity index (χ0n) is 17.5. The van der Waals surface area contributed by atoms with E-state index in [-0.39, 0.29) is 0 Å². The maximum Gasteiger partial charge on any atom is -0.0105 e. The van der Waals surface area contributed by atoms with Crippen molar-refractivity contribution < 1.29 is 0 Å². The Morgan fingerprint density at radius 2 is 0.667 bits per heavy atom. The summed E-state index contributed by atoms with van der Waals surface area (Å²) in [5.41, 5.74) is 10.00. The smallest absolute Gasteiger partial charge is 0.0105 e. The Morgan fingerprint density at radius 1 is 0.367 bits per heavy atom. The summed E-state index contributed by atoms with van der Waals surface area (Å²) < 4.78 is 0. The van der Waals surface area contributed by atoms with Crippen LogP contribution >= 0.6 is 0 Å². The highest BCUT2D eigenvalue weighted by Gasteiger charge is 2.06. The average molecular weight is 387 g/mol. The van der Waals surface area contributed by atoms with Crippen LogP contribution in [0.1, 0.15) is 33.4 Å². The van der Waals surface area contributed by atoms with Crippen molar-refractivity contribution in [2.45, 2.75) is 13.8 Å². The Labute approximate surface area is 179 Å². The van der Waals surface area contributed by atoms with E-state index in [1.54, 1.807) is 0 Å². The number of aryl methyl sites for hydroxylation is 2. The highest BCUT2D eigenvalue weighted by molar-refractivity contribution is 5.87. The van der Waals surface area contributed by atoms with Crippen molar-refractivity contribution in [1.82, 2.24) is 0 Å². The van der Waals surface area contributed by atoms with Crippen LogP contribution < -0.4 is 0 Å². The largest absolute Gasteiger partial charge is 0.0620 e. The fourth-order valence-corrected chi connectivity index (χ4v) is 3.68. The molecular weight excluding hydrogens is 360 g/mol. The van der Waals surface area contributed by atoms with E-state index in [1.165, 1.54) is 44.5 Å². The molecule has 0 unspecified atom stereocenters. The second-order valence-electron chi connectivity index (χ2n) is 7.55. The molecule has 0 spiro atoms. The van der Waals surface area contributed by atoms with Gasteiger partial charge in [0, 0.05) is 0 Å². The maximum absolute atomic E-state index is 2.22. The predicted molar refractivity (Wildman–Crippen MR) is 132 cm³/mol. The van der Waals surface area contributed by atoms with Gasteiger partial charge in [-0.2, -0.15) is 0 Å². The van der Waals surface area contributed by atoms with Crippen molar-refractivity contribution >= 4 is 24.3 Å². The second-order valence-corrected chi connectivity index (χ2v) is 7.55. The minimum atomic E-state index is 1.22. The molecule has 0 heterocycles. The summed E-state index contributed by atoms with van der Waals surface area (Å²) in [5.74, 6) is 0. The van der Waals surface area contributed by atoms with E-state index in [0.717, 1.165) is 0 Å². The minimum Gasteiger partial charge on any atom is -0.0620 e. The van der Waals surface area contributed by atoms with E-state index >= 15 is 0 Å². The molecule has 0 saturated heterocycles. The zero-order valence-corrected chi connectivity index (χ0v) is 17.5. The first-order valence-corrected chi connectivity index (χ1v) is 10.4. The van der Waals surface area contributed by atoms with E-state index < -0.39 is 0 Å². The van der Waals surface area contributed by atoms with Gasteiger partial charge in [-0.1, -0.05) is 121 Å². The SMILES string of the molecule is Cc1ccccc1/C=C/c1ccccc1-c1ccccc1/C=C/c1ccccc1C. The van der Waals surface area contributed by atoms with Crippen molar-refractivity contribution in [2.75, 3.05) is 0 Å². The van der Waals surface area contributed by atoms with Gasteiger partial charge < -0.3 is 0 Å².